The van der Waals surface area contributed by atoms with Crippen LogP contribution in [0.15, 0.2) is 9.05 Å². The number of rotatable bonds is 6. The van der Waals surface area contributed by atoms with Crippen LogP contribution >= 0.6 is 46.7 Å². The maximum Gasteiger partial charge on any atom is 0.241 e. The summed E-state index contributed by atoms with van der Waals surface area (Å²) >= 11 is 14.2. The van der Waals surface area contributed by atoms with Gasteiger partial charge in [0.1, 0.15) is 11.8 Å². The molecular formula is C10H14Cl2N4O2S2. The number of hydrogen-bond donors (Lipinski definition) is 0. The molecule has 2 heterocycles. The summed E-state index contributed by atoms with van der Waals surface area (Å²) in [5.41, 5.74) is 0. The molecule has 0 saturated heterocycles. The Kier molecular flexibility index (Phi) is 9.08. The Morgan fingerprint density at radius 3 is 1.50 bits per heavy atom. The standard InChI is InChI=1S/2C5H7ClN2OS/c2*1-10-3-4-7-5(2-6)9-8-4/h2*2-3H2,1H3. The van der Waals surface area contributed by atoms with Gasteiger partial charge >= 0.3 is 0 Å². The van der Waals surface area contributed by atoms with Crippen LogP contribution < -0.4 is 0 Å². The van der Waals surface area contributed by atoms with Crippen LogP contribution in [0, 0.1) is 0 Å². The van der Waals surface area contributed by atoms with Gasteiger partial charge in [0, 0.05) is 0 Å². The van der Waals surface area contributed by atoms with Gasteiger partial charge in [-0.3, -0.25) is 0 Å². The molecule has 0 atom stereocenters. The van der Waals surface area contributed by atoms with Crippen molar-refractivity contribution in [1.82, 2.24) is 20.3 Å². The molecular weight excluding hydrogens is 343 g/mol. The lowest BCUT2D eigenvalue weighted by molar-refractivity contribution is 0.386. The molecule has 0 spiro atoms. The highest BCUT2D eigenvalue weighted by Crippen LogP contribution is 2.07. The van der Waals surface area contributed by atoms with Crippen molar-refractivity contribution in [1.29, 1.82) is 0 Å². The van der Waals surface area contributed by atoms with Gasteiger partial charge in [0.25, 0.3) is 0 Å². The minimum Gasteiger partial charge on any atom is -0.338 e. The largest absolute Gasteiger partial charge is 0.338 e. The fourth-order valence-corrected chi connectivity index (χ4v) is 2.03. The molecule has 0 unspecified atom stereocenters. The van der Waals surface area contributed by atoms with Gasteiger partial charge in [-0.1, -0.05) is 10.3 Å². The Balaban J connectivity index is 0.000000200. The van der Waals surface area contributed by atoms with Crippen LogP contribution in [-0.2, 0) is 23.3 Å². The Bertz CT molecular complexity index is 451. The van der Waals surface area contributed by atoms with E-state index in [1.54, 1.807) is 23.5 Å². The molecule has 2 rings (SSSR count). The SMILES string of the molecule is CSCc1noc(CCl)n1.CSCc1noc(CCl)n1. The molecule has 20 heavy (non-hydrogen) atoms. The zero-order valence-corrected chi connectivity index (χ0v) is 14.2. The first-order chi connectivity index (χ1) is 9.73. The summed E-state index contributed by atoms with van der Waals surface area (Å²) in [6, 6.07) is 0. The number of nitrogens with zero attached hydrogens (tertiary/aromatic N) is 4. The molecule has 0 aliphatic rings. The summed E-state index contributed by atoms with van der Waals surface area (Å²) in [7, 11) is 0. The van der Waals surface area contributed by atoms with Gasteiger partial charge in [0.2, 0.25) is 11.8 Å². The summed E-state index contributed by atoms with van der Waals surface area (Å²) in [6.07, 6.45) is 3.97. The number of thioether (sulfide) groups is 2. The second kappa shape index (κ2) is 10.3. The average molecular weight is 357 g/mol. The van der Waals surface area contributed by atoms with E-state index in [1.165, 1.54) is 0 Å². The monoisotopic (exact) mass is 356 g/mol. The Morgan fingerprint density at radius 2 is 1.25 bits per heavy atom. The lowest BCUT2D eigenvalue weighted by atomic mass is 10.7. The minimum absolute atomic E-state index is 0.293. The molecule has 6 nitrogen and oxygen atoms in total. The zero-order valence-electron chi connectivity index (χ0n) is 11.0. The van der Waals surface area contributed by atoms with Crippen LogP contribution in [0.5, 0.6) is 0 Å². The minimum atomic E-state index is 0.293. The van der Waals surface area contributed by atoms with Crippen LogP contribution in [0.25, 0.3) is 0 Å². The van der Waals surface area contributed by atoms with E-state index in [0.717, 1.165) is 11.5 Å². The van der Waals surface area contributed by atoms with Gasteiger partial charge in [-0.25, -0.2) is 0 Å². The maximum atomic E-state index is 5.44. The quantitative estimate of drug-likeness (QED) is 0.729. The molecule has 0 aliphatic heterocycles. The lowest BCUT2D eigenvalue weighted by Gasteiger charge is -1.82. The summed E-state index contributed by atoms with van der Waals surface area (Å²) in [4.78, 5) is 7.98. The molecule has 0 fully saturated rings. The molecule has 0 aromatic carbocycles. The highest BCUT2D eigenvalue weighted by atomic mass is 35.5. The highest BCUT2D eigenvalue weighted by Gasteiger charge is 2.03. The predicted octanol–water partition coefficient (Wildman–Crippen LogP) is 3.34. The molecule has 2 aromatic heterocycles. The van der Waals surface area contributed by atoms with E-state index in [9.17, 15) is 0 Å². The predicted molar refractivity (Wildman–Crippen MR) is 82.1 cm³/mol. The number of halogens is 2. The van der Waals surface area contributed by atoms with Crippen molar-refractivity contribution in [2.75, 3.05) is 12.5 Å². The molecule has 0 bridgehead atoms. The van der Waals surface area contributed by atoms with Gasteiger partial charge in [0.05, 0.1) is 11.5 Å². The van der Waals surface area contributed by atoms with E-state index >= 15 is 0 Å². The molecule has 10 heteroatoms. The third-order valence-electron chi connectivity index (χ3n) is 1.80. The Hall–Kier alpha value is -0.440. The van der Waals surface area contributed by atoms with Crippen LogP contribution in [0.1, 0.15) is 23.4 Å². The van der Waals surface area contributed by atoms with Crippen LogP contribution in [0.4, 0.5) is 0 Å². The van der Waals surface area contributed by atoms with Crippen molar-refractivity contribution in [3.05, 3.63) is 23.4 Å². The molecule has 0 N–H and O–H groups in total. The molecule has 2 aromatic rings. The van der Waals surface area contributed by atoms with Crippen molar-refractivity contribution < 1.29 is 9.05 Å². The van der Waals surface area contributed by atoms with E-state index in [0.29, 0.717) is 35.2 Å². The second-order valence-electron chi connectivity index (χ2n) is 3.34. The van der Waals surface area contributed by atoms with Crippen LogP contribution in [-0.4, -0.2) is 32.8 Å². The number of alkyl halides is 2. The van der Waals surface area contributed by atoms with Crippen molar-refractivity contribution in [3.8, 4) is 0 Å². The third kappa shape index (κ3) is 6.34. The molecule has 0 saturated carbocycles. The first-order valence-electron chi connectivity index (χ1n) is 5.46. The van der Waals surface area contributed by atoms with E-state index < -0.39 is 0 Å². The smallest absolute Gasteiger partial charge is 0.241 e. The van der Waals surface area contributed by atoms with E-state index in [2.05, 4.69) is 20.3 Å². The second-order valence-corrected chi connectivity index (χ2v) is 5.61. The fraction of sp³-hybridized carbons (Fsp3) is 0.600. The van der Waals surface area contributed by atoms with Crippen molar-refractivity contribution in [2.45, 2.75) is 23.3 Å². The third-order valence-corrected chi connectivity index (χ3v) is 3.35. The van der Waals surface area contributed by atoms with Gasteiger partial charge in [0.15, 0.2) is 11.6 Å². The number of hydrogen-bond acceptors (Lipinski definition) is 8. The van der Waals surface area contributed by atoms with Gasteiger partial charge in [-0.15, -0.1) is 23.2 Å². The topological polar surface area (TPSA) is 77.8 Å². The van der Waals surface area contributed by atoms with Crippen LogP contribution in [0.2, 0.25) is 0 Å². The van der Waals surface area contributed by atoms with Gasteiger partial charge in [-0.05, 0) is 12.5 Å². The summed E-state index contributed by atoms with van der Waals surface area (Å²) in [6.45, 7) is 0. The fourth-order valence-electron chi connectivity index (χ4n) is 1.06. The molecule has 0 aliphatic carbocycles. The lowest BCUT2D eigenvalue weighted by Crippen LogP contribution is -1.82. The molecule has 0 amide bonds. The number of aromatic nitrogens is 4. The van der Waals surface area contributed by atoms with E-state index in [-0.39, 0.29) is 0 Å². The Labute approximate surface area is 135 Å². The average Bonchev–Trinajstić information content (AvgIpc) is 3.09. The Morgan fingerprint density at radius 1 is 0.850 bits per heavy atom. The summed E-state index contributed by atoms with van der Waals surface area (Å²) < 4.78 is 9.52. The first-order valence-corrected chi connectivity index (χ1v) is 9.31. The van der Waals surface area contributed by atoms with Crippen LogP contribution in [0.3, 0.4) is 0 Å². The van der Waals surface area contributed by atoms with E-state index in [1.807, 2.05) is 12.5 Å². The van der Waals surface area contributed by atoms with E-state index in [4.69, 9.17) is 32.2 Å². The highest BCUT2D eigenvalue weighted by molar-refractivity contribution is 7.98. The molecule has 112 valence electrons. The van der Waals surface area contributed by atoms with Crippen molar-refractivity contribution in [2.24, 2.45) is 0 Å². The first kappa shape index (κ1) is 17.6. The van der Waals surface area contributed by atoms with Gasteiger partial charge < -0.3 is 9.05 Å². The summed E-state index contributed by atoms with van der Waals surface area (Å²) in [5.74, 6) is 4.55. The normalized spacial score (nSPS) is 10.2. The van der Waals surface area contributed by atoms with Gasteiger partial charge in [-0.2, -0.15) is 33.5 Å². The molecule has 0 radical (unpaired) electrons. The summed E-state index contributed by atoms with van der Waals surface area (Å²) in [5, 5.41) is 7.37. The zero-order chi connectivity index (χ0) is 14.8. The van der Waals surface area contributed by atoms with Crippen molar-refractivity contribution in [3.63, 3.8) is 0 Å². The van der Waals surface area contributed by atoms with Crippen molar-refractivity contribution >= 4 is 46.7 Å². The maximum absolute atomic E-state index is 5.44.